The number of benzene rings is 2. The van der Waals surface area contributed by atoms with Crippen LogP contribution in [0.15, 0.2) is 59.0 Å². The van der Waals surface area contributed by atoms with Crippen LogP contribution in [0, 0.1) is 0 Å². The highest BCUT2D eigenvalue weighted by Gasteiger charge is 2.42. The summed E-state index contributed by atoms with van der Waals surface area (Å²) in [6.07, 6.45) is -5.58. The number of aliphatic carboxylic acids is 1. The van der Waals surface area contributed by atoms with Gasteiger partial charge in [-0.2, -0.15) is 13.2 Å². The summed E-state index contributed by atoms with van der Waals surface area (Å²) in [5, 5.41) is 11.6. The van der Waals surface area contributed by atoms with Crippen molar-refractivity contribution in [1.82, 2.24) is 10.3 Å². The van der Waals surface area contributed by atoms with Crippen LogP contribution >= 0.6 is 11.6 Å². The van der Waals surface area contributed by atoms with Gasteiger partial charge in [-0.1, -0.05) is 48.0 Å². The van der Waals surface area contributed by atoms with E-state index in [9.17, 15) is 22.8 Å². The van der Waals surface area contributed by atoms with Crippen molar-refractivity contribution in [3.8, 4) is 11.5 Å². The van der Waals surface area contributed by atoms with Crippen molar-refractivity contribution in [2.75, 3.05) is 0 Å². The van der Waals surface area contributed by atoms with E-state index in [1.165, 1.54) is 24.3 Å². The molecule has 0 bridgehead atoms. The second kappa shape index (κ2) is 8.58. The number of carboxylic acids is 1. The highest BCUT2D eigenvalue weighted by molar-refractivity contribution is 6.31. The third-order valence-corrected chi connectivity index (χ3v) is 4.43. The first-order valence-electron chi connectivity index (χ1n) is 8.57. The fourth-order valence-corrected chi connectivity index (χ4v) is 3.04. The second-order valence-corrected chi connectivity index (χ2v) is 6.61. The van der Waals surface area contributed by atoms with E-state index >= 15 is 0 Å². The van der Waals surface area contributed by atoms with Gasteiger partial charge in [-0.15, -0.1) is 0 Å². The van der Waals surface area contributed by atoms with Crippen LogP contribution in [0.2, 0.25) is 5.02 Å². The lowest BCUT2D eigenvalue weighted by Crippen LogP contribution is -2.32. The monoisotopic (exact) mass is 438 g/mol. The Kier molecular flexibility index (Phi) is 6.12. The summed E-state index contributed by atoms with van der Waals surface area (Å²) >= 11 is 6.06. The van der Waals surface area contributed by atoms with Crippen molar-refractivity contribution in [3.05, 3.63) is 76.6 Å². The molecule has 2 N–H and O–H groups in total. The minimum atomic E-state index is -4.99. The van der Waals surface area contributed by atoms with Gasteiger partial charge in [-0.3, -0.25) is 9.59 Å². The quantitative estimate of drug-likeness (QED) is 0.567. The number of alkyl halides is 3. The lowest BCUT2D eigenvalue weighted by Gasteiger charge is -2.18. The van der Waals surface area contributed by atoms with Crippen molar-refractivity contribution in [1.29, 1.82) is 0 Å². The first-order valence-corrected chi connectivity index (χ1v) is 8.95. The molecule has 1 atom stereocenters. The highest BCUT2D eigenvalue weighted by Crippen LogP contribution is 2.35. The predicted octanol–water partition coefficient (Wildman–Crippen LogP) is 4.96. The van der Waals surface area contributed by atoms with E-state index in [-0.39, 0.29) is 22.0 Å². The van der Waals surface area contributed by atoms with Crippen molar-refractivity contribution in [3.63, 3.8) is 0 Å². The molecule has 1 amide bonds. The van der Waals surface area contributed by atoms with Gasteiger partial charge in [0.15, 0.2) is 5.69 Å². The predicted molar refractivity (Wildman–Crippen MR) is 101 cm³/mol. The number of carbonyl (C=O) groups excluding carboxylic acids is 1. The molecule has 3 aromatic rings. The molecule has 3 rings (SSSR count). The van der Waals surface area contributed by atoms with E-state index in [0.29, 0.717) is 0 Å². The molecule has 0 spiro atoms. The number of oxazole rings is 1. The Morgan fingerprint density at radius 3 is 2.33 bits per heavy atom. The molecule has 0 saturated carbocycles. The van der Waals surface area contributed by atoms with Gasteiger partial charge in [-0.25, -0.2) is 4.98 Å². The summed E-state index contributed by atoms with van der Waals surface area (Å²) in [4.78, 5) is 27.6. The average Bonchev–Trinajstić information content (AvgIpc) is 3.14. The molecule has 6 nitrogen and oxygen atoms in total. The number of nitrogens with zero attached hydrogens (tertiary/aromatic N) is 1. The lowest BCUT2D eigenvalue weighted by molar-refractivity contribution is -0.153. The van der Waals surface area contributed by atoms with E-state index in [4.69, 9.17) is 21.1 Å². The molecular formula is C20H14ClF3N2O4. The Morgan fingerprint density at radius 2 is 1.73 bits per heavy atom. The van der Waals surface area contributed by atoms with Crippen LogP contribution in [0.1, 0.15) is 34.3 Å². The molecule has 0 aliphatic rings. The Morgan fingerprint density at radius 1 is 1.10 bits per heavy atom. The minimum absolute atomic E-state index is 0.158. The Labute approximate surface area is 173 Å². The van der Waals surface area contributed by atoms with Gasteiger partial charge in [-0.05, 0) is 23.8 Å². The van der Waals surface area contributed by atoms with Crippen molar-refractivity contribution >= 4 is 23.5 Å². The Bertz CT molecular complexity index is 1070. The van der Waals surface area contributed by atoms with E-state index in [2.05, 4.69) is 10.3 Å². The molecule has 0 fully saturated rings. The highest BCUT2D eigenvalue weighted by atomic mass is 35.5. The number of hydrogen-bond acceptors (Lipinski definition) is 4. The summed E-state index contributed by atoms with van der Waals surface area (Å²) in [7, 11) is 0. The van der Waals surface area contributed by atoms with Gasteiger partial charge < -0.3 is 14.8 Å². The van der Waals surface area contributed by atoms with Gasteiger partial charge >= 0.3 is 12.1 Å². The lowest BCUT2D eigenvalue weighted by atomic mass is 10.0. The molecule has 0 radical (unpaired) electrons. The maximum absolute atomic E-state index is 13.4. The van der Waals surface area contributed by atoms with Crippen LogP contribution < -0.4 is 5.32 Å². The Hall–Kier alpha value is -3.33. The van der Waals surface area contributed by atoms with Gasteiger partial charge in [0.2, 0.25) is 11.7 Å². The van der Waals surface area contributed by atoms with Crippen molar-refractivity contribution in [2.24, 2.45) is 0 Å². The molecule has 1 heterocycles. The zero-order valence-corrected chi connectivity index (χ0v) is 15.9. The second-order valence-electron chi connectivity index (χ2n) is 6.21. The number of amides is 1. The normalized spacial score (nSPS) is 12.4. The molecule has 156 valence electrons. The van der Waals surface area contributed by atoms with E-state index in [1.807, 2.05) is 0 Å². The summed E-state index contributed by atoms with van der Waals surface area (Å²) in [5.74, 6) is -4.48. The van der Waals surface area contributed by atoms with Gasteiger partial charge in [0.25, 0.3) is 5.91 Å². The summed E-state index contributed by atoms with van der Waals surface area (Å²) in [5.41, 5.74) is -0.505. The Balaban J connectivity index is 1.99. The van der Waals surface area contributed by atoms with Gasteiger partial charge in [0, 0.05) is 10.6 Å². The molecule has 10 heteroatoms. The zero-order chi connectivity index (χ0) is 21.9. The maximum atomic E-state index is 13.4. The number of carboxylic acid groups (broad SMARTS) is 1. The third kappa shape index (κ3) is 4.80. The summed E-state index contributed by atoms with van der Waals surface area (Å²) < 4.78 is 45.2. The van der Waals surface area contributed by atoms with E-state index < -0.39 is 42.0 Å². The molecule has 0 aliphatic heterocycles. The van der Waals surface area contributed by atoms with Gasteiger partial charge in [0.1, 0.15) is 0 Å². The molecular weight excluding hydrogens is 425 g/mol. The van der Waals surface area contributed by atoms with E-state index in [0.717, 1.165) is 0 Å². The third-order valence-electron chi connectivity index (χ3n) is 4.09. The smallest absolute Gasteiger partial charge is 0.452 e. The SMILES string of the molecule is O=C(O)C[C@H](NC(=O)c1nc(-c2ccccc2)oc1C(F)(F)F)c1ccccc1Cl. The molecule has 2 aromatic carbocycles. The zero-order valence-electron chi connectivity index (χ0n) is 15.1. The number of halogens is 4. The fourth-order valence-electron chi connectivity index (χ4n) is 2.77. The van der Waals surface area contributed by atoms with Crippen molar-refractivity contribution < 1.29 is 32.3 Å². The first kappa shape index (κ1) is 21.4. The molecule has 30 heavy (non-hydrogen) atoms. The largest absolute Gasteiger partial charge is 0.481 e. The van der Waals surface area contributed by atoms with Crippen LogP contribution in [0.4, 0.5) is 13.2 Å². The summed E-state index contributed by atoms with van der Waals surface area (Å²) in [6.45, 7) is 0. The van der Waals surface area contributed by atoms with Crippen LogP contribution in [0.5, 0.6) is 0 Å². The number of hydrogen-bond donors (Lipinski definition) is 2. The maximum Gasteiger partial charge on any atom is 0.452 e. The van der Waals surface area contributed by atoms with Crippen LogP contribution in [-0.4, -0.2) is 22.0 Å². The van der Waals surface area contributed by atoms with Crippen LogP contribution in [0.25, 0.3) is 11.5 Å². The number of nitrogens with one attached hydrogen (secondary N) is 1. The fraction of sp³-hybridized carbons (Fsp3) is 0.150. The van der Waals surface area contributed by atoms with Gasteiger partial charge in [0.05, 0.1) is 12.5 Å². The number of rotatable bonds is 6. The molecule has 0 aliphatic carbocycles. The molecule has 0 unspecified atom stereocenters. The van der Waals surface area contributed by atoms with Crippen LogP contribution in [0.3, 0.4) is 0 Å². The topological polar surface area (TPSA) is 92.4 Å². The summed E-state index contributed by atoms with van der Waals surface area (Å²) in [6, 6.07) is 12.7. The van der Waals surface area contributed by atoms with E-state index in [1.54, 1.807) is 30.3 Å². The standard InChI is InChI=1S/C20H14ClF3N2O4/c21-13-9-5-4-8-12(13)14(10-15(27)28)25-18(29)16-17(20(22,23)24)30-19(26-16)11-6-2-1-3-7-11/h1-9,14H,10H2,(H,25,29)(H,27,28)/t14-/m0/s1. The number of carbonyl (C=O) groups is 2. The molecule has 0 saturated heterocycles. The number of aromatic nitrogens is 1. The van der Waals surface area contributed by atoms with Crippen molar-refractivity contribution in [2.45, 2.75) is 18.6 Å². The average molecular weight is 439 g/mol. The van der Waals surface area contributed by atoms with Crippen LogP contribution in [-0.2, 0) is 11.0 Å². The first-order chi connectivity index (χ1) is 14.2. The minimum Gasteiger partial charge on any atom is -0.481 e. The molecule has 1 aromatic heterocycles.